The van der Waals surface area contributed by atoms with Gasteiger partial charge in [-0.05, 0) is 23.6 Å². The fraction of sp³-hybridized carbons (Fsp3) is 0.417. The maximum absolute atomic E-state index is 11.8. The van der Waals surface area contributed by atoms with Gasteiger partial charge in [-0.3, -0.25) is 4.79 Å². The third kappa shape index (κ3) is 4.66. The van der Waals surface area contributed by atoms with E-state index in [9.17, 15) is 4.79 Å². The van der Waals surface area contributed by atoms with E-state index in [4.69, 9.17) is 0 Å². The van der Waals surface area contributed by atoms with Crippen molar-refractivity contribution in [3.8, 4) is 0 Å². The third-order valence-corrected chi connectivity index (χ3v) is 2.82. The summed E-state index contributed by atoms with van der Waals surface area (Å²) in [6.45, 7) is 6.92. The van der Waals surface area contributed by atoms with E-state index in [-0.39, 0.29) is 11.3 Å². The predicted octanol–water partition coefficient (Wildman–Crippen LogP) is 3.99. The van der Waals surface area contributed by atoms with Gasteiger partial charge in [0, 0.05) is 21.1 Å². The Morgan fingerprint density at radius 3 is 2.12 bits per heavy atom. The zero-order valence-electron chi connectivity index (χ0n) is 9.60. The Balaban J connectivity index is 2.73. The van der Waals surface area contributed by atoms with Crippen molar-refractivity contribution in [2.45, 2.75) is 20.8 Å². The molecule has 1 rings (SSSR count). The lowest BCUT2D eigenvalue weighted by molar-refractivity contribution is 0.0939. The molecule has 0 aliphatic rings. The quantitative estimate of drug-likeness (QED) is 0.860. The summed E-state index contributed by atoms with van der Waals surface area (Å²) in [6, 6.07) is 5.52. The molecule has 0 unspecified atom stereocenters. The molecule has 4 heteroatoms. The fourth-order valence-corrected chi connectivity index (χ4v) is 2.43. The lowest BCUT2D eigenvalue weighted by atomic mass is 9.97. The first kappa shape index (κ1) is 13.7. The first-order valence-electron chi connectivity index (χ1n) is 5.02. The highest BCUT2D eigenvalue weighted by Gasteiger charge is 2.13. The number of carbonyl (C=O) groups is 1. The van der Waals surface area contributed by atoms with E-state index in [0.29, 0.717) is 12.1 Å². The molecule has 1 amide bonds. The molecule has 0 saturated carbocycles. The summed E-state index contributed by atoms with van der Waals surface area (Å²) in [7, 11) is 0. The zero-order chi connectivity index (χ0) is 12.3. The topological polar surface area (TPSA) is 29.1 Å². The molecule has 16 heavy (non-hydrogen) atoms. The van der Waals surface area contributed by atoms with Crippen LogP contribution in [0.3, 0.4) is 0 Å². The molecule has 0 aliphatic heterocycles. The van der Waals surface area contributed by atoms with Crippen molar-refractivity contribution in [3.63, 3.8) is 0 Å². The number of nitrogens with one attached hydrogen (secondary N) is 1. The third-order valence-electron chi connectivity index (χ3n) is 1.90. The summed E-state index contributed by atoms with van der Waals surface area (Å²) in [5.41, 5.74) is 0.754. The molecule has 0 atom stereocenters. The molecule has 2 nitrogen and oxygen atoms in total. The number of carbonyl (C=O) groups excluding carboxylic acids is 1. The second-order valence-electron chi connectivity index (χ2n) is 4.90. The highest BCUT2D eigenvalue weighted by atomic mass is 79.9. The molecular weight excluding hydrogens is 334 g/mol. The normalized spacial score (nSPS) is 11.3. The van der Waals surface area contributed by atoms with Crippen LogP contribution in [0.5, 0.6) is 0 Å². The average Bonchev–Trinajstić information content (AvgIpc) is 2.11. The number of hydrogen-bond donors (Lipinski definition) is 1. The van der Waals surface area contributed by atoms with Crippen molar-refractivity contribution in [3.05, 3.63) is 32.7 Å². The molecule has 0 fully saturated rings. The van der Waals surface area contributed by atoms with Gasteiger partial charge in [-0.1, -0.05) is 52.6 Å². The van der Waals surface area contributed by atoms with Crippen LogP contribution in [0, 0.1) is 5.41 Å². The molecule has 0 radical (unpaired) electrons. The Hall–Kier alpha value is -0.350. The number of amides is 1. The van der Waals surface area contributed by atoms with Gasteiger partial charge in [0.2, 0.25) is 0 Å². The number of rotatable bonds is 2. The molecule has 0 heterocycles. The van der Waals surface area contributed by atoms with Crippen LogP contribution >= 0.6 is 31.9 Å². The first-order valence-corrected chi connectivity index (χ1v) is 6.61. The molecule has 88 valence electrons. The van der Waals surface area contributed by atoms with Gasteiger partial charge in [0.15, 0.2) is 0 Å². The van der Waals surface area contributed by atoms with Gasteiger partial charge in [-0.2, -0.15) is 0 Å². The van der Waals surface area contributed by atoms with Crippen molar-refractivity contribution in [2.75, 3.05) is 6.54 Å². The number of halogens is 2. The summed E-state index contributed by atoms with van der Waals surface area (Å²) < 4.78 is 1.78. The van der Waals surface area contributed by atoms with Crippen molar-refractivity contribution < 1.29 is 4.79 Å². The van der Waals surface area contributed by atoms with E-state index in [1.165, 1.54) is 0 Å². The van der Waals surface area contributed by atoms with E-state index in [1.54, 1.807) is 0 Å². The van der Waals surface area contributed by atoms with Gasteiger partial charge in [0.1, 0.15) is 0 Å². The molecule has 0 spiro atoms. The fourth-order valence-electron chi connectivity index (χ4n) is 1.13. The van der Waals surface area contributed by atoms with Crippen LogP contribution in [-0.4, -0.2) is 12.5 Å². The molecule has 1 aromatic rings. The highest BCUT2D eigenvalue weighted by molar-refractivity contribution is 9.11. The van der Waals surface area contributed by atoms with E-state index in [0.717, 1.165) is 8.95 Å². The second-order valence-corrected chi connectivity index (χ2v) is 6.73. The van der Waals surface area contributed by atoms with Crippen LogP contribution in [0.2, 0.25) is 0 Å². The van der Waals surface area contributed by atoms with Crippen molar-refractivity contribution >= 4 is 37.8 Å². The molecule has 0 bridgehead atoms. The van der Waals surface area contributed by atoms with Gasteiger partial charge in [-0.15, -0.1) is 0 Å². The summed E-state index contributed by atoms with van der Waals surface area (Å²) in [4.78, 5) is 11.8. The van der Waals surface area contributed by atoms with Crippen molar-refractivity contribution in [1.82, 2.24) is 5.32 Å². The molecular formula is C12H15Br2NO. The van der Waals surface area contributed by atoms with Crippen LogP contribution in [-0.2, 0) is 0 Å². The van der Waals surface area contributed by atoms with Crippen LogP contribution < -0.4 is 5.32 Å². The van der Waals surface area contributed by atoms with E-state index < -0.39 is 0 Å². The minimum atomic E-state index is -0.0445. The summed E-state index contributed by atoms with van der Waals surface area (Å²) in [5, 5.41) is 2.91. The van der Waals surface area contributed by atoms with E-state index in [1.807, 2.05) is 18.2 Å². The SMILES string of the molecule is CC(C)(C)CNC(=O)c1cc(Br)cc(Br)c1. The number of hydrogen-bond acceptors (Lipinski definition) is 1. The van der Waals surface area contributed by atoms with Crippen molar-refractivity contribution in [2.24, 2.45) is 5.41 Å². The number of benzene rings is 1. The monoisotopic (exact) mass is 347 g/mol. The zero-order valence-corrected chi connectivity index (χ0v) is 12.8. The standard InChI is InChI=1S/C12H15Br2NO/c1-12(2,3)7-15-11(16)8-4-9(13)6-10(14)5-8/h4-6H,7H2,1-3H3,(H,15,16). The molecule has 0 aliphatic carbocycles. The minimum Gasteiger partial charge on any atom is -0.352 e. The molecule has 1 N–H and O–H groups in total. The van der Waals surface area contributed by atoms with Gasteiger partial charge in [0.05, 0.1) is 0 Å². The summed E-state index contributed by atoms with van der Waals surface area (Å²) in [5.74, 6) is -0.0445. The van der Waals surface area contributed by atoms with Crippen molar-refractivity contribution in [1.29, 1.82) is 0 Å². The Bertz CT molecular complexity index is 376. The molecule has 0 saturated heterocycles. The maximum Gasteiger partial charge on any atom is 0.251 e. The first-order chi connectivity index (χ1) is 7.28. The van der Waals surface area contributed by atoms with E-state index in [2.05, 4.69) is 57.9 Å². The Morgan fingerprint density at radius 2 is 1.69 bits per heavy atom. The highest BCUT2D eigenvalue weighted by Crippen LogP contribution is 2.20. The second kappa shape index (κ2) is 5.32. The summed E-state index contributed by atoms with van der Waals surface area (Å²) >= 11 is 6.72. The smallest absolute Gasteiger partial charge is 0.251 e. The van der Waals surface area contributed by atoms with Crippen LogP contribution in [0.15, 0.2) is 27.1 Å². The lowest BCUT2D eigenvalue weighted by Crippen LogP contribution is -2.32. The molecule has 0 aromatic heterocycles. The Labute approximate surface area is 113 Å². The maximum atomic E-state index is 11.8. The van der Waals surface area contributed by atoms with E-state index >= 15 is 0 Å². The van der Waals surface area contributed by atoms with Crippen LogP contribution in [0.4, 0.5) is 0 Å². The lowest BCUT2D eigenvalue weighted by Gasteiger charge is -2.18. The van der Waals surface area contributed by atoms with Gasteiger partial charge < -0.3 is 5.32 Å². The van der Waals surface area contributed by atoms with Crippen LogP contribution in [0.1, 0.15) is 31.1 Å². The van der Waals surface area contributed by atoms with Gasteiger partial charge in [-0.25, -0.2) is 0 Å². The van der Waals surface area contributed by atoms with Gasteiger partial charge in [0.25, 0.3) is 5.91 Å². The predicted molar refractivity (Wildman–Crippen MR) is 73.6 cm³/mol. The Morgan fingerprint density at radius 1 is 1.19 bits per heavy atom. The van der Waals surface area contributed by atoms with Crippen LogP contribution in [0.25, 0.3) is 0 Å². The minimum absolute atomic E-state index is 0.0445. The largest absolute Gasteiger partial charge is 0.352 e. The summed E-state index contributed by atoms with van der Waals surface area (Å²) in [6.07, 6.45) is 0. The average molecular weight is 349 g/mol. The Kier molecular flexibility index (Phi) is 4.56. The molecule has 1 aromatic carbocycles. The van der Waals surface area contributed by atoms with Gasteiger partial charge >= 0.3 is 0 Å².